The van der Waals surface area contributed by atoms with E-state index in [1.54, 1.807) is 6.92 Å². The SMILES string of the molecule is CCOC(=O)C(CN)c1c(C)cc(C)cc1C. The summed E-state index contributed by atoms with van der Waals surface area (Å²) in [5, 5.41) is 0. The van der Waals surface area contributed by atoms with Crippen LogP contribution in [0.5, 0.6) is 0 Å². The van der Waals surface area contributed by atoms with Crippen molar-refractivity contribution in [2.24, 2.45) is 5.73 Å². The fourth-order valence-electron chi connectivity index (χ4n) is 2.32. The van der Waals surface area contributed by atoms with Gasteiger partial charge in [-0.05, 0) is 44.4 Å². The smallest absolute Gasteiger partial charge is 0.314 e. The van der Waals surface area contributed by atoms with Gasteiger partial charge in [-0.3, -0.25) is 4.79 Å². The van der Waals surface area contributed by atoms with Crippen LogP contribution >= 0.6 is 0 Å². The third-order valence-electron chi connectivity index (χ3n) is 2.89. The zero-order valence-electron chi connectivity index (χ0n) is 11.0. The van der Waals surface area contributed by atoms with Crippen LogP contribution in [0.4, 0.5) is 0 Å². The van der Waals surface area contributed by atoms with E-state index in [0.29, 0.717) is 6.61 Å². The van der Waals surface area contributed by atoms with E-state index in [-0.39, 0.29) is 18.4 Å². The van der Waals surface area contributed by atoms with Crippen molar-refractivity contribution in [2.45, 2.75) is 33.6 Å². The summed E-state index contributed by atoms with van der Waals surface area (Å²) in [5.41, 5.74) is 10.1. The molecule has 0 aliphatic heterocycles. The molecule has 1 unspecified atom stereocenters. The summed E-state index contributed by atoms with van der Waals surface area (Å²) in [5.74, 6) is -0.583. The second-order valence-electron chi connectivity index (χ2n) is 4.35. The average Bonchev–Trinajstić information content (AvgIpc) is 2.23. The first-order valence-electron chi connectivity index (χ1n) is 5.95. The largest absolute Gasteiger partial charge is 0.465 e. The van der Waals surface area contributed by atoms with Crippen molar-refractivity contribution >= 4 is 5.97 Å². The minimum absolute atomic E-state index is 0.231. The fourth-order valence-corrected chi connectivity index (χ4v) is 2.32. The number of hydrogen-bond donors (Lipinski definition) is 1. The highest BCUT2D eigenvalue weighted by Gasteiger charge is 2.23. The molecule has 0 aliphatic carbocycles. The van der Waals surface area contributed by atoms with Gasteiger partial charge in [-0.2, -0.15) is 0 Å². The molecule has 94 valence electrons. The van der Waals surface area contributed by atoms with Crippen LogP contribution in [-0.2, 0) is 9.53 Å². The molecule has 0 saturated carbocycles. The number of nitrogens with two attached hydrogens (primary N) is 1. The lowest BCUT2D eigenvalue weighted by atomic mass is 9.89. The van der Waals surface area contributed by atoms with E-state index in [4.69, 9.17) is 10.5 Å². The molecule has 1 aromatic rings. The van der Waals surface area contributed by atoms with Gasteiger partial charge in [0.05, 0.1) is 12.5 Å². The molecule has 0 spiro atoms. The quantitative estimate of drug-likeness (QED) is 0.814. The number of hydrogen-bond acceptors (Lipinski definition) is 3. The van der Waals surface area contributed by atoms with Gasteiger partial charge in [0, 0.05) is 6.54 Å². The Hall–Kier alpha value is -1.35. The topological polar surface area (TPSA) is 52.3 Å². The summed E-state index contributed by atoms with van der Waals surface area (Å²) in [7, 11) is 0. The molecular weight excluding hydrogens is 214 g/mol. The van der Waals surface area contributed by atoms with Crippen LogP contribution in [0.15, 0.2) is 12.1 Å². The Labute approximate surface area is 103 Å². The zero-order valence-corrected chi connectivity index (χ0v) is 11.0. The Morgan fingerprint density at radius 1 is 1.29 bits per heavy atom. The van der Waals surface area contributed by atoms with Gasteiger partial charge >= 0.3 is 5.97 Å². The Morgan fingerprint density at radius 2 is 1.82 bits per heavy atom. The normalized spacial score (nSPS) is 12.3. The summed E-state index contributed by atoms with van der Waals surface area (Å²) in [4.78, 5) is 11.9. The number of carbonyl (C=O) groups is 1. The molecule has 0 heterocycles. The number of aryl methyl sites for hydroxylation is 3. The number of esters is 1. The van der Waals surface area contributed by atoms with Crippen LogP contribution in [0.3, 0.4) is 0 Å². The standard InChI is InChI=1S/C14H21NO2/c1-5-17-14(16)12(8-15)13-10(3)6-9(2)7-11(13)4/h6-7,12H,5,8,15H2,1-4H3. The summed E-state index contributed by atoms with van der Waals surface area (Å²) >= 11 is 0. The molecule has 3 heteroatoms. The van der Waals surface area contributed by atoms with Crippen molar-refractivity contribution in [1.29, 1.82) is 0 Å². The van der Waals surface area contributed by atoms with Gasteiger partial charge in [-0.15, -0.1) is 0 Å². The highest BCUT2D eigenvalue weighted by Crippen LogP contribution is 2.25. The fraction of sp³-hybridized carbons (Fsp3) is 0.500. The molecule has 0 saturated heterocycles. The average molecular weight is 235 g/mol. The van der Waals surface area contributed by atoms with Crippen LogP contribution in [0.1, 0.15) is 35.1 Å². The van der Waals surface area contributed by atoms with Crippen LogP contribution < -0.4 is 5.73 Å². The van der Waals surface area contributed by atoms with Crippen LogP contribution in [0, 0.1) is 20.8 Å². The van der Waals surface area contributed by atoms with E-state index >= 15 is 0 Å². The van der Waals surface area contributed by atoms with Crippen LogP contribution in [-0.4, -0.2) is 19.1 Å². The molecule has 17 heavy (non-hydrogen) atoms. The molecule has 1 atom stereocenters. The van der Waals surface area contributed by atoms with Gasteiger partial charge < -0.3 is 10.5 Å². The lowest BCUT2D eigenvalue weighted by Gasteiger charge is -2.19. The minimum atomic E-state index is -0.351. The third kappa shape index (κ3) is 3.07. The van der Waals surface area contributed by atoms with E-state index in [9.17, 15) is 4.79 Å². The highest BCUT2D eigenvalue weighted by molar-refractivity contribution is 5.79. The monoisotopic (exact) mass is 235 g/mol. The zero-order chi connectivity index (χ0) is 13.0. The van der Waals surface area contributed by atoms with E-state index in [1.165, 1.54) is 5.56 Å². The number of rotatable bonds is 4. The maximum Gasteiger partial charge on any atom is 0.314 e. The second kappa shape index (κ2) is 5.82. The molecule has 0 fully saturated rings. The lowest BCUT2D eigenvalue weighted by Crippen LogP contribution is -2.25. The maximum atomic E-state index is 11.9. The van der Waals surface area contributed by atoms with Gasteiger partial charge in [0.1, 0.15) is 0 Å². The van der Waals surface area contributed by atoms with Gasteiger partial charge in [-0.1, -0.05) is 17.7 Å². The van der Waals surface area contributed by atoms with Crippen molar-refractivity contribution in [1.82, 2.24) is 0 Å². The molecule has 0 bridgehead atoms. The molecule has 1 rings (SSSR count). The molecule has 3 nitrogen and oxygen atoms in total. The van der Waals surface area contributed by atoms with Crippen molar-refractivity contribution < 1.29 is 9.53 Å². The molecule has 2 N–H and O–H groups in total. The van der Waals surface area contributed by atoms with Gasteiger partial charge in [0.25, 0.3) is 0 Å². The first kappa shape index (κ1) is 13.7. The molecular formula is C14H21NO2. The summed E-state index contributed by atoms with van der Waals surface area (Å²) < 4.78 is 5.07. The summed E-state index contributed by atoms with van der Waals surface area (Å²) in [6.07, 6.45) is 0. The molecule has 0 aliphatic rings. The predicted molar refractivity (Wildman–Crippen MR) is 69.1 cm³/mol. The Balaban J connectivity index is 3.16. The maximum absolute atomic E-state index is 11.9. The van der Waals surface area contributed by atoms with E-state index in [2.05, 4.69) is 12.1 Å². The number of ether oxygens (including phenoxy) is 1. The number of benzene rings is 1. The summed E-state index contributed by atoms with van der Waals surface area (Å²) in [6.45, 7) is 8.54. The third-order valence-corrected chi connectivity index (χ3v) is 2.89. The van der Waals surface area contributed by atoms with Gasteiger partial charge in [0.15, 0.2) is 0 Å². The highest BCUT2D eigenvalue weighted by atomic mass is 16.5. The van der Waals surface area contributed by atoms with Crippen molar-refractivity contribution in [3.05, 3.63) is 34.4 Å². The molecule has 0 radical (unpaired) electrons. The molecule has 1 aromatic carbocycles. The minimum Gasteiger partial charge on any atom is -0.465 e. The van der Waals surface area contributed by atoms with Gasteiger partial charge in [-0.25, -0.2) is 0 Å². The Bertz CT molecular complexity index is 390. The molecule has 0 amide bonds. The van der Waals surface area contributed by atoms with Crippen LogP contribution in [0.25, 0.3) is 0 Å². The predicted octanol–water partition coefficient (Wildman–Crippen LogP) is 2.22. The summed E-state index contributed by atoms with van der Waals surface area (Å²) in [6, 6.07) is 4.15. The molecule has 0 aromatic heterocycles. The van der Waals surface area contributed by atoms with E-state index in [0.717, 1.165) is 16.7 Å². The van der Waals surface area contributed by atoms with Gasteiger partial charge in [0.2, 0.25) is 0 Å². The van der Waals surface area contributed by atoms with Crippen molar-refractivity contribution in [3.8, 4) is 0 Å². The van der Waals surface area contributed by atoms with Crippen LogP contribution in [0.2, 0.25) is 0 Å². The van der Waals surface area contributed by atoms with Crippen molar-refractivity contribution in [2.75, 3.05) is 13.2 Å². The lowest BCUT2D eigenvalue weighted by molar-refractivity contribution is -0.144. The number of carbonyl (C=O) groups excluding carboxylic acids is 1. The van der Waals surface area contributed by atoms with E-state index in [1.807, 2.05) is 20.8 Å². The first-order valence-corrected chi connectivity index (χ1v) is 5.95. The van der Waals surface area contributed by atoms with E-state index < -0.39 is 0 Å². The Morgan fingerprint density at radius 3 is 2.24 bits per heavy atom. The van der Waals surface area contributed by atoms with Crippen molar-refractivity contribution in [3.63, 3.8) is 0 Å². The second-order valence-corrected chi connectivity index (χ2v) is 4.35. The Kier molecular flexibility index (Phi) is 4.70. The first-order chi connectivity index (χ1) is 8.01.